The molecule has 4 nitrogen and oxygen atoms in total. The molecule has 0 aliphatic heterocycles. The Labute approximate surface area is 108 Å². The highest BCUT2D eigenvalue weighted by Gasteiger charge is 2.04. The summed E-state index contributed by atoms with van der Waals surface area (Å²) < 4.78 is 7.53. The Morgan fingerprint density at radius 1 is 1.60 bits per heavy atom. The van der Waals surface area contributed by atoms with E-state index in [0.717, 1.165) is 5.82 Å². The number of rotatable bonds is 5. The second kappa shape index (κ2) is 6.49. The molecule has 6 heteroatoms. The molecule has 0 N–H and O–H groups in total. The van der Waals surface area contributed by atoms with E-state index in [1.165, 1.54) is 0 Å². The fraction of sp³-hybridized carbons (Fsp3) is 0.556. The number of aryl methyl sites for hydroxylation is 1. The lowest BCUT2D eigenvalue weighted by atomic mass is 10.5. The van der Waals surface area contributed by atoms with Gasteiger partial charge in [-0.15, -0.1) is 0 Å². The highest BCUT2D eigenvalue weighted by molar-refractivity contribution is 14.1. The quantitative estimate of drug-likeness (QED) is 0.496. The molecule has 0 aliphatic rings. The number of thiol groups is 1. The van der Waals surface area contributed by atoms with Crippen LogP contribution < -0.4 is 5.56 Å². The molecule has 84 valence electrons. The van der Waals surface area contributed by atoms with Crippen LogP contribution in [0.4, 0.5) is 0 Å². The van der Waals surface area contributed by atoms with Crippen molar-refractivity contribution in [3.63, 3.8) is 0 Å². The van der Waals surface area contributed by atoms with Gasteiger partial charge in [0.15, 0.2) is 0 Å². The Hall–Kier alpha value is -0.0800. The van der Waals surface area contributed by atoms with Crippen molar-refractivity contribution >= 4 is 35.2 Å². The number of aromatic nitrogens is 2. The van der Waals surface area contributed by atoms with E-state index in [9.17, 15) is 4.79 Å². The lowest BCUT2D eigenvalue weighted by Gasteiger charge is -2.09. The molecule has 0 saturated carbocycles. The van der Waals surface area contributed by atoms with Gasteiger partial charge in [0.25, 0.3) is 5.56 Å². The summed E-state index contributed by atoms with van der Waals surface area (Å²) in [4.78, 5) is 15.8. The molecule has 0 aliphatic carbocycles. The third-order valence-electron chi connectivity index (χ3n) is 1.90. The summed E-state index contributed by atoms with van der Waals surface area (Å²) >= 11 is 6.02. The van der Waals surface area contributed by atoms with Crippen LogP contribution in [0.15, 0.2) is 11.0 Å². The minimum Gasteiger partial charge on any atom is -0.379 e. The zero-order valence-electron chi connectivity index (χ0n) is 8.44. The fourth-order valence-electron chi connectivity index (χ4n) is 1.14. The maximum Gasteiger partial charge on any atom is 0.267 e. The smallest absolute Gasteiger partial charge is 0.267 e. The summed E-state index contributed by atoms with van der Waals surface area (Å²) in [6, 6.07) is 0. The van der Waals surface area contributed by atoms with E-state index >= 15 is 0 Å². The SMILES string of the molecule is Cc1ncc(I)c(=O)n1CCOCCS. The van der Waals surface area contributed by atoms with Crippen LogP contribution in [-0.2, 0) is 11.3 Å². The van der Waals surface area contributed by atoms with Crippen LogP contribution in [0, 0.1) is 10.5 Å². The number of hydrogen-bond donors (Lipinski definition) is 1. The summed E-state index contributed by atoms with van der Waals surface area (Å²) in [5.41, 5.74) is -0.00225. The third-order valence-corrected chi connectivity index (χ3v) is 2.82. The van der Waals surface area contributed by atoms with Crippen molar-refractivity contribution in [1.82, 2.24) is 9.55 Å². The largest absolute Gasteiger partial charge is 0.379 e. The second-order valence-electron chi connectivity index (χ2n) is 2.95. The van der Waals surface area contributed by atoms with Crippen LogP contribution in [0.25, 0.3) is 0 Å². The van der Waals surface area contributed by atoms with E-state index in [1.807, 2.05) is 29.5 Å². The van der Waals surface area contributed by atoms with Gasteiger partial charge in [0.05, 0.1) is 23.3 Å². The predicted octanol–water partition coefficient (Wildman–Crippen LogP) is 1.10. The molecule has 0 bridgehead atoms. The minimum atomic E-state index is -0.00225. The van der Waals surface area contributed by atoms with Crippen LogP contribution >= 0.6 is 35.2 Å². The Morgan fingerprint density at radius 2 is 2.33 bits per heavy atom. The lowest BCUT2D eigenvalue weighted by Crippen LogP contribution is -2.27. The zero-order chi connectivity index (χ0) is 11.3. The monoisotopic (exact) mass is 340 g/mol. The van der Waals surface area contributed by atoms with Crippen LogP contribution in [-0.4, -0.2) is 28.5 Å². The summed E-state index contributed by atoms with van der Waals surface area (Å²) in [7, 11) is 0. The molecule has 1 aromatic heterocycles. The molecule has 0 unspecified atom stereocenters. The van der Waals surface area contributed by atoms with Crippen molar-refractivity contribution in [2.24, 2.45) is 0 Å². The van der Waals surface area contributed by atoms with Gasteiger partial charge < -0.3 is 4.74 Å². The fourth-order valence-corrected chi connectivity index (χ4v) is 1.70. The van der Waals surface area contributed by atoms with Gasteiger partial charge in [0, 0.05) is 11.9 Å². The van der Waals surface area contributed by atoms with Gasteiger partial charge in [0.1, 0.15) is 5.82 Å². The molecule has 0 aromatic carbocycles. The molecule has 0 spiro atoms. The van der Waals surface area contributed by atoms with Crippen molar-refractivity contribution in [1.29, 1.82) is 0 Å². The summed E-state index contributed by atoms with van der Waals surface area (Å²) in [6.45, 7) is 3.48. The van der Waals surface area contributed by atoms with Crippen LogP contribution in [0.2, 0.25) is 0 Å². The molecule has 0 radical (unpaired) electrons. The third kappa shape index (κ3) is 3.76. The first-order valence-corrected chi connectivity index (χ1v) is 6.28. The van der Waals surface area contributed by atoms with Crippen molar-refractivity contribution in [3.8, 4) is 0 Å². The average molecular weight is 340 g/mol. The normalized spacial score (nSPS) is 10.6. The number of ether oxygens (including phenoxy) is 1. The van der Waals surface area contributed by atoms with E-state index in [1.54, 1.807) is 10.8 Å². The van der Waals surface area contributed by atoms with Gasteiger partial charge in [-0.1, -0.05) is 0 Å². The van der Waals surface area contributed by atoms with Gasteiger partial charge >= 0.3 is 0 Å². The predicted molar refractivity (Wildman–Crippen MR) is 70.6 cm³/mol. The molecule has 0 atom stereocenters. The van der Waals surface area contributed by atoms with Crippen LogP contribution in [0.1, 0.15) is 5.82 Å². The highest BCUT2D eigenvalue weighted by Crippen LogP contribution is 1.97. The standard InChI is InChI=1S/C9H13IN2O2S/c1-7-11-6-8(10)9(13)12(7)2-3-14-4-5-15/h6,15H,2-5H2,1H3. The Kier molecular flexibility index (Phi) is 5.62. The van der Waals surface area contributed by atoms with Crippen molar-refractivity contribution in [2.75, 3.05) is 19.0 Å². The van der Waals surface area contributed by atoms with Crippen molar-refractivity contribution in [3.05, 3.63) is 25.9 Å². The summed E-state index contributed by atoms with van der Waals surface area (Å²) in [5.74, 6) is 1.41. The van der Waals surface area contributed by atoms with E-state index < -0.39 is 0 Å². The van der Waals surface area contributed by atoms with Gasteiger partial charge in [-0.2, -0.15) is 12.6 Å². The second-order valence-corrected chi connectivity index (χ2v) is 4.56. The highest BCUT2D eigenvalue weighted by atomic mass is 127. The van der Waals surface area contributed by atoms with Gasteiger partial charge in [0.2, 0.25) is 0 Å². The van der Waals surface area contributed by atoms with Crippen molar-refractivity contribution < 1.29 is 4.74 Å². The first-order valence-electron chi connectivity index (χ1n) is 4.57. The summed E-state index contributed by atoms with van der Waals surface area (Å²) in [6.07, 6.45) is 1.59. The van der Waals surface area contributed by atoms with Gasteiger partial charge in [-0.05, 0) is 29.5 Å². The molecular formula is C9H13IN2O2S. The molecule has 0 saturated heterocycles. The van der Waals surface area contributed by atoms with Crippen molar-refractivity contribution in [2.45, 2.75) is 13.5 Å². The average Bonchev–Trinajstić information content (AvgIpc) is 2.23. The maximum atomic E-state index is 11.7. The topological polar surface area (TPSA) is 44.1 Å². The first kappa shape index (κ1) is 13.0. The molecule has 1 aromatic rings. The first-order chi connectivity index (χ1) is 7.16. The number of nitrogens with zero attached hydrogens (tertiary/aromatic N) is 2. The van der Waals surface area contributed by atoms with E-state index in [4.69, 9.17) is 4.74 Å². The molecule has 1 rings (SSSR count). The van der Waals surface area contributed by atoms with E-state index in [-0.39, 0.29) is 5.56 Å². The lowest BCUT2D eigenvalue weighted by molar-refractivity contribution is 0.140. The molecule has 0 fully saturated rings. The van der Waals surface area contributed by atoms with E-state index in [0.29, 0.717) is 29.1 Å². The number of hydrogen-bond acceptors (Lipinski definition) is 4. The summed E-state index contributed by atoms with van der Waals surface area (Å²) in [5, 5.41) is 0. The maximum absolute atomic E-state index is 11.7. The van der Waals surface area contributed by atoms with Crippen LogP contribution in [0.3, 0.4) is 0 Å². The molecule has 15 heavy (non-hydrogen) atoms. The number of halogens is 1. The Bertz CT molecular complexity index is 381. The molecular weight excluding hydrogens is 327 g/mol. The van der Waals surface area contributed by atoms with Crippen LogP contribution in [0.5, 0.6) is 0 Å². The van der Waals surface area contributed by atoms with Gasteiger partial charge in [-0.3, -0.25) is 9.36 Å². The van der Waals surface area contributed by atoms with Gasteiger partial charge in [-0.25, -0.2) is 4.98 Å². The molecule has 1 heterocycles. The Balaban J connectivity index is 2.68. The minimum absolute atomic E-state index is 0.00225. The Morgan fingerprint density at radius 3 is 3.00 bits per heavy atom. The molecule has 0 amide bonds. The zero-order valence-corrected chi connectivity index (χ0v) is 11.5. The van der Waals surface area contributed by atoms with E-state index in [2.05, 4.69) is 17.6 Å².